The predicted molar refractivity (Wildman–Crippen MR) is 428 cm³/mol. The highest BCUT2D eigenvalue weighted by atomic mass is 32.2. The summed E-state index contributed by atoms with van der Waals surface area (Å²) in [6.45, 7) is 35.0. The first-order valence-electron chi connectivity index (χ1n) is 39.8. The normalized spacial score (nSPS) is 12.7. The van der Waals surface area contributed by atoms with E-state index in [1.54, 1.807) is 0 Å². The van der Waals surface area contributed by atoms with Gasteiger partial charge in [0, 0.05) is 0 Å². The minimum atomic E-state index is -1.82. The predicted octanol–water partition coefficient (Wildman–Crippen LogP) is 27.4. The Balaban J connectivity index is 2.80. The van der Waals surface area contributed by atoms with Gasteiger partial charge in [0.1, 0.15) is 24.7 Å². The Hall–Kier alpha value is -1.62. The lowest BCUT2D eigenvalue weighted by atomic mass is 9.71. The van der Waals surface area contributed by atoms with Crippen molar-refractivity contribution >= 4 is 59.0 Å². The molecule has 0 aromatic heterocycles. The monoisotopic (exact) mass is 1400 g/mol. The Morgan fingerprint density at radius 1 is 0.316 bits per heavy atom. The third-order valence-corrected chi connectivity index (χ3v) is 25.0. The van der Waals surface area contributed by atoms with E-state index in [4.69, 9.17) is 9.47 Å². The third-order valence-electron chi connectivity index (χ3n) is 19.3. The van der Waals surface area contributed by atoms with Crippen molar-refractivity contribution < 1.29 is 29.3 Å². The van der Waals surface area contributed by atoms with Gasteiger partial charge in [-0.2, -0.15) is 0 Å². The number of carbonyl (C=O) groups is 2. The molecular formula is C85H152O6S4. The summed E-state index contributed by atoms with van der Waals surface area (Å²) in [5.74, 6) is 3.43. The lowest BCUT2D eigenvalue weighted by Crippen LogP contribution is -2.47. The van der Waals surface area contributed by atoms with Gasteiger partial charge >= 0.3 is 11.9 Å². The van der Waals surface area contributed by atoms with E-state index in [0.717, 1.165) is 82.1 Å². The van der Waals surface area contributed by atoms with Crippen LogP contribution in [0.25, 0.3) is 0 Å². The summed E-state index contributed by atoms with van der Waals surface area (Å²) in [4.78, 5) is 32.7. The fourth-order valence-corrected chi connectivity index (χ4v) is 18.2. The van der Waals surface area contributed by atoms with Gasteiger partial charge < -0.3 is 19.7 Å². The molecular weight excluding hydrogens is 1250 g/mol. The van der Waals surface area contributed by atoms with Crippen LogP contribution in [0, 0.1) is 5.41 Å². The van der Waals surface area contributed by atoms with E-state index in [1.165, 1.54) is 231 Å². The molecule has 0 aliphatic carbocycles. The number of carbonyl (C=O) groups excluding carboxylic acids is 2. The van der Waals surface area contributed by atoms with Crippen molar-refractivity contribution in [3.05, 3.63) is 57.6 Å². The van der Waals surface area contributed by atoms with Crippen LogP contribution in [0.2, 0.25) is 0 Å². The van der Waals surface area contributed by atoms with Gasteiger partial charge in [0.25, 0.3) is 0 Å². The molecule has 0 atom stereocenters. The average Bonchev–Trinajstić information content (AvgIpc) is 0.764. The van der Waals surface area contributed by atoms with Gasteiger partial charge in [-0.25, -0.2) is 0 Å². The van der Waals surface area contributed by atoms with Gasteiger partial charge in [0.15, 0.2) is 5.41 Å². The molecule has 2 rings (SSSR count). The largest absolute Gasteiger partial charge is 0.507 e. The summed E-state index contributed by atoms with van der Waals surface area (Å²) in [5.41, 5.74) is 1.11. The minimum Gasteiger partial charge on any atom is -0.507 e. The second-order valence-corrected chi connectivity index (χ2v) is 38.6. The van der Waals surface area contributed by atoms with Crippen LogP contribution in [0.4, 0.5) is 0 Å². The van der Waals surface area contributed by atoms with Gasteiger partial charge in [-0.3, -0.25) is 9.59 Å². The molecule has 0 aliphatic rings. The van der Waals surface area contributed by atoms with Crippen molar-refractivity contribution in [3.63, 3.8) is 0 Å². The summed E-state index contributed by atoms with van der Waals surface area (Å²) >= 11 is 7.72. The van der Waals surface area contributed by atoms with Crippen molar-refractivity contribution in [2.45, 2.75) is 411 Å². The number of phenolic OH excluding ortho intramolecular Hbond substituents is 2. The summed E-state index contributed by atoms with van der Waals surface area (Å²) in [6.07, 6.45) is 51.7. The fourth-order valence-electron chi connectivity index (χ4n) is 13.1. The molecule has 95 heavy (non-hydrogen) atoms. The molecule has 0 aliphatic heterocycles. The van der Waals surface area contributed by atoms with Crippen LogP contribution in [0.1, 0.15) is 401 Å². The molecule has 0 heterocycles. The number of unbranched alkanes of at least 4 members (excludes halogenated alkanes) is 36. The maximum absolute atomic E-state index is 16.4. The summed E-state index contributed by atoms with van der Waals surface area (Å²) in [7, 11) is 0. The van der Waals surface area contributed by atoms with Crippen LogP contribution in [0.15, 0.2) is 24.3 Å². The van der Waals surface area contributed by atoms with Crippen molar-refractivity contribution in [1.82, 2.24) is 0 Å². The molecule has 0 saturated heterocycles. The smallest absolute Gasteiger partial charge is 0.324 e. The highest BCUT2D eigenvalue weighted by Gasteiger charge is 2.51. The van der Waals surface area contributed by atoms with E-state index >= 15 is 9.59 Å². The first kappa shape index (κ1) is 89.5. The van der Waals surface area contributed by atoms with Crippen LogP contribution in [-0.2, 0) is 53.6 Å². The second kappa shape index (κ2) is 51.5. The number of esters is 2. The van der Waals surface area contributed by atoms with E-state index < -0.39 is 39.0 Å². The molecule has 0 bridgehead atoms. The lowest BCUT2D eigenvalue weighted by molar-refractivity contribution is -0.172. The molecule has 2 N–H and O–H groups in total. The number of phenols is 2. The van der Waals surface area contributed by atoms with Gasteiger partial charge in [0.05, 0.1) is 9.16 Å². The Morgan fingerprint density at radius 3 is 0.674 bits per heavy atom. The van der Waals surface area contributed by atoms with Gasteiger partial charge in [-0.05, 0) is 117 Å². The summed E-state index contributed by atoms with van der Waals surface area (Å²) in [5, 5.41) is 24.3. The Kier molecular flexibility index (Phi) is 48.5. The van der Waals surface area contributed by atoms with Crippen molar-refractivity contribution in [1.29, 1.82) is 0 Å². The van der Waals surface area contributed by atoms with Crippen molar-refractivity contribution in [3.8, 4) is 11.5 Å². The topological polar surface area (TPSA) is 93.1 Å². The van der Waals surface area contributed by atoms with Crippen LogP contribution in [0.3, 0.4) is 0 Å². The number of aromatic hydroxyl groups is 2. The molecule has 2 aromatic carbocycles. The van der Waals surface area contributed by atoms with Crippen LogP contribution in [0.5, 0.6) is 11.5 Å². The Labute approximate surface area is 606 Å². The van der Waals surface area contributed by atoms with E-state index in [-0.39, 0.29) is 46.7 Å². The molecule has 0 unspecified atom stereocenters. The minimum absolute atomic E-state index is 0.0147. The zero-order valence-electron chi connectivity index (χ0n) is 65.1. The lowest BCUT2D eigenvalue weighted by Gasteiger charge is -2.34. The standard InChI is InChI=1S/C85H152O6S4/c1-17-21-25-29-33-37-41-45-49-53-57-92-75(93-58-54-50-46-42-38-34-30-26-22-18-2)67-90-79(88)85(65-69-61-71(81(5,6)7)77(86)72(62-69)82(8,9)10,66-70-63-73(83(11,12)13)78(87)74(64-70)84(14,15)16)80(89)91-68-76(94-59-55-51-47-43-39-35-31-27-23-19-3)95-60-56-52-48-44-40-36-32-28-24-20-4/h61-64,75-76,86-87H,17-60,65-68H2,1-16H3. The zero-order valence-corrected chi connectivity index (χ0v) is 68.3. The Bertz CT molecular complexity index is 1990. The molecule has 0 spiro atoms. The number of ether oxygens (including phenoxy) is 2. The molecule has 10 heteroatoms. The maximum Gasteiger partial charge on any atom is 0.324 e. The van der Waals surface area contributed by atoms with Crippen LogP contribution >= 0.6 is 47.0 Å². The molecule has 552 valence electrons. The second-order valence-electron chi connectivity index (χ2n) is 32.8. The molecule has 0 saturated carbocycles. The first-order chi connectivity index (χ1) is 45.3. The van der Waals surface area contributed by atoms with Gasteiger partial charge in [0.2, 0.25) is 0 Å². The summed E-state index contributed by atoms with van der Waals surface area (Å²) in [6, 6.07) is 8.16. The SMILES string of the molecule is CCCCCCCCCCCCSC(COC(=O)C(Cc1cc(C(C)(C)C)c(O)c(C(C)(C)C)c1)(Cc1cc(C(C)(C)C)c(O)c(C(C)(C)C)c1)C(=O)OCC(SCCCCCCCCCCCC)SCCCCCCCCCCCC)SCCCCCCCCCCCC. The highest BCUT2D eigenvalue weighted by Crippen LogP contribution is 2.45. The van der Waals surface area contributed by atoms with E-state index in [9.17, 15) is 10.2 Å². The fraction of sp³-hybridized carbons (Fsp3) is 0.835. The maximum atomic E-state index is 16.4. The number of hydrogen-bond donors (Lipinski definition) is 2. The zero-order chi connectivity index (χ0) is 70.4. The van der Waals surface area contributed by atoms with E-state index in [2.05, 4.69) is 111 Å². The van der Waals surface area contributed by atoms with Crippen molar-refractivity contribution in [2.24, 2.45) is 5.41 Å². The van der Waals surface area contributed by atoms with Crippen molar-refractivity contribution in [2.75, 3.05) is 36.2 Å². The molecule has 0 radical (unpaired) electrons. The number of benzene rings is 2. The average molecular weight is 1400 g/mol. The third kappa shape index (κ3) is 39.4. The quantitative estimate of drug-likeness (QED) is 0.0289. The number of hydrogen-bond acceptors (Lipinski definition) is 10. The molecule has 6 nitrogen and oxygen atoms in total. The number of thioether (sulfide) groups is 4. The van der Waals surface area contributed by atoms with Gasteiger partial charge in [-0.1, -0.05) is 366 Å². The molecule has 2 aromatic rings. The highest BCUT2D eigenvalue weighted by molar-refractivity contribution is 8.17. The van der Waals surface area contributed by atoms with E-state index in [1.807, 2.05) is 71.3 Å². The number of rotatable bonds is 58. The van der Waals surface area contributed by atoms with Crippen LogP contribution < -0.4 is 0 Å². The first-order valence-corrected chi connectivity index (χ1v) is 44.0. The van der Waals surface area contributed by atoms with Gasteiger partial charge in [-0.15, -0.1) is 47.0 Å². The van der Waals surface area contributed by atoms with E-state index in [0.29, 0.717) is 0 Å². The molecule has 0 fully saturated rings. The molecule has 0 amide bonds. The van der Waals surface area contributed by atoms with Crippen LogP contribution in [-0.4, -0.2) is 67.5 Å². The summed E-state index contributed by atoms with van der Waals surface area (Å²) < 4.78 is 13.8. The Morgan fingerprint density at radius 2 is 0.495 bits per heavy atom.